The van der Waals surface area contributed by atoms with Crippen molar-refractivity contribution < 1.29 is 0 Å². The fourth-order valence-corrected chi connectivity index (χ4v) is 3.41. The predicted octanol–water partition coefficient (Wildman–Crippen LogP) is 2.55. The fourth-order valence-electron chi connectivity index (χ4n) is 3.41. The number of nitrogens with one attached hydrogen (secondary N) is 1. The second kappa shape index (κ2) is 9.22. The molecule has 1 N–H and O–H groups in total. The Kier molecular flexibility index (Phi) is 6.71. The third-order valence-electron chi connectivity index (χ3n) is 4.86. The first-order valence-corrected chi connectivity index (χ1v) is 9.29. The number of rotatable bonds is 3. The largest absolute Gasteiger partial charge is 0.353 e. The third-order valence-corrected chi connectivity index (χ3v) is 4.86. The van der Waals surface area contributed by atoms with Crippen molar-refractivity contribution in [3.05, 3.63) is 60.2 Å². The molecule has 0 saturated carbocycles. The number of fused-ring (bicyclic) bond motifs is 1. The molecule has 0 aromatic carbocycles. The number of nitrogens with zero attached hydrogens (tertiary/aromatic N) is 6. The molecule has 1 fully saturated rings. The maximum Gasteiger partial charge on any atom is 0.194 e. The van der Waals surface area contributed by atoms with E-state index in [1.807, 2.05) is 31.6 Å². The van der Waals surface area contributed by atoms with Crippen LogP contribution in [0.25, 0.3) is 5.65 Å². The van der Waals surface area contributed by atoms with Crippen molar-refractivity contribution in [1.82, 2.24) is 24.6 Å². The van der Waals surface area contributed by atoms with Gasteiger partial charge in [0.1, 0.15) is 11.5 Å². The van der Waals surface area contributed by atoms with Gasteiger partial charge in [-0.1, -0.05) is 6.07 Å². The van der Waals surface area contributed by atoms with Crippen molar-refractivity contribution in [3.8, 4) is 0 Å². The van der Waals surface area contributed by atoms with Crippen molar-refractivity contribution in [2.75, 3.05) is 38.1 Å². The average molecular weight is 491 g/mol. The summed E-state index contributed by atoms with van der Waals surface area (Å²) in [5.74, 6) is 1.96. The number of hydrogen-bond donors (Lipinski definition) is 1. The quantitative estimate of drug-likeness (QED) is 0.347. The van der Waals surface area contributed by atoms with Gasteiger partial charge in [-0.15, -0.1) is 24.0 Å². The lowest BCUT2D eigenvalue weighted by Gasteiger charge is -2.37. The molecule has 1 saturated heterocycles. The van der Waals surface area contributed by atoms with Gasteiger partial charge in [0.05, 0.1) is 12.2 Å². The van der Waals surface area contributed by atoms with E-state index in [2.05, 4.69) is 65.8 Å². The molecular weight excluding hydrogens is 465 g/mol. The molecule has 3 aromatic heterocycles. The van der Waals surface area contributed by atoms with E-state index in [1.165, 1.54) is 5.56 Å². The molecule has 4 heterocycles. The van der Waals surface area contributed by atoms with Crippen LogP contribution in [0.15, 0.2) is 53.9 Å². The Labute approximate surface area is 182 Å². The molecule has 0 radical (unpaired) electrons. The summed E-state index contributed by atoms with van der Waals surface area (Å²) in [6.07, 6.45) is 5.96. The molecule has 0 unspecified atom stereocenters. The van der Waals surface area contributed by atoms with E-state index in [0.717, 1.165) is 49.3 Å². The number of aromatic nitrogens is 3. The maximum absolute atomic E-state index is 4.69. The first-order chi connectivity index (χ1) is 13.2. The first-order valence-electron chi connectivity index (χ1n) is 9.29. The molecule has 0 aliphatic carbocycles. The van der Waals surface area contributed by atoms with Gasteiger partial charge < -0.3 is 19.5 Å². The summed E-state index contributed by atoms with van der Waals surface area (Å²) in [5.41, 5.74) is 3.20. The van der Waals surface area contributed by atoms with Crippen LogP contribution < -0.4 is 10.2 Å². The smallest absolute Gasteiger partial charge is 0.194 e. The number of aryl methyl sites for hydroxylation is 1. The molecule has 1 aliphatic heterocycles. The van der Waals surface area contributed by atoms with E-state index < -0.39 is 0 Å². The van der Waals surface area contributed by atoms with Crippen molar-refractivity contribution in [2.45, 2.75) is 13.5 Å². The molecule has 8 heteroatoms. The second-order valence-corrected chi connectivity index (χ2v) is 6.76. The normalized spacial score (nSPS) is 14.9. The van der Waals surface area contributed by atoms with E-state index in [9.17, 15) is 0 Å². The Morgan fingerprint density at radius 2 is 2.00 bits per heavy atom. The van der Waals surface area contributed by atoms with E-state index in [-0.39, 0.29) is 24.0 Å². The minimum absolute atomic E-state index is 0. The van der Waals surface area contributed by atoms with Crippen LogP contribution in [-0.2, 0) is 6.54 Å². The van der Waals surface area contributed by atoms with Gasteiger partial charge in [0.2, 0.25) is 0 Å². The van der Waals surface area contributed by atoms with Gasteiger partial charge in [-0.25, -0.2) is 9.97 Å². The lowest BCUT2D eigenvalue weighted by molar-refractivity contribution is 0.371. The Bertz CT molecular complexity index is 930. The number of guanidine groups is 1. The SMILES string of the molecule is CN=C(NCc1cn2ccc(C)cc2n1)N1CCN(c2ccccn2)CC1.I. The van der Waals surface area contributed by atoms with Crippen molar-refractivity contribution in [2.24, 2.45) is 4.99 Å². The van der Waals surface area contributed by atoms with E-state index in [0.29, 0.717) is 6.54 Å². The van der Waals surface area contributed by atoms with Gasteiger partial charge in [0.25, 0.3) is 0 Å². The van der Waals surface area contributed by atoms with Gasteiger partial charge in [-0.05, 0) is 36.8 Å². The van der Waals surface area contributed by atoms with Crippen molar-refractivity contribution >= 4 is 41.4 Å². The summed E-state index contributed by atoms with van der Waals surface area (Å²) in [6, 6.07) is 10.2. The number of pyridine rings is 2. The van der Waals surface area contributed by atoms with Gasteiger partial charge in [0, 0.05) is 51.8 Å². The highest BCUT2D eigenvalue weighted by molar-refractivity contribution is 14.0. The van der Waals surface area contributed by atoms with Crippen LogP contribution in [0.5, 0.6) is 0 Å². The van der Waals surface area contributed by atoms with Crippen LogP contribution >= 0.6 is 24.0 Å². The zero-order valence-electron chi connectivity index (χ0n) is 16.2. The minimum Gasteiger partial charge on any atom is -0.353 e. The number of anilines is 1. The van der Waals surface area contributed by atoms with Gasteiger partial charge in [-0.2, -0.15) is 0 Å². The summed E-state index contributed by atoms with van der Waals surface area (Å²) in [4.78, 5) is 18.2. The molecule has 7 nitrogen and oxygen atoms in total. The molecule has 3 aromatic rings. The summed E-state index contributed by atoms with van der Waals surface area (Å²) in [5, 5.41) is 3.45. The number of halogens is 1. The van der Waals surface area contributed by atoms with E-state index >= 15 is 0 Å². The molecule has 0 bridgehead atoms. The van der Waals surface area contributed by atoms with Gasteiger partial charge in [-0.3, -0.25) is 4.99 Å². The van der Waals surface area contributed by atoms with Crippen LogP contribution in [0, 0.1) is 6.92 Å². The van der Waals surface area contributed by atoms with Crippen LogP contribution in [0.4, 0.5) is 5.82 Å². The lowest BCUT2D eigenvalue weighted by atomic mass is 10.3. The van der Waals surface area contributed by atoms with Gasteiger partial charge >= 0.3 is 0 Å². The predicted molar refractivity (Wildman–Crippen MR) is 124 cm³/mol. The van der Waals surface area contributed by atoms with E-state index in [1.54, 1.807) is 0 Å². The van der Waals surface area contributed by atoms with Crippen LogP contribution in [0.1, 0.15) is 11.3 Å². The summed E-state index contributed by atoms with van der Waals surface area (Å²) >= 11 is 0. The number of hydrogen-bond acceptors (Lipinski definition) is 4. The molecule has 0 amide bonds. The van der Waals surface area contributed by atoms with Crippen LogP contribution in [0.2, 0.25) is 0 Å². The molecule has 4 rings (SSSR count). The van der Waals surface area contributed by atoms with Crippen LogP contribution in [0.3, 0.4) is 0 Å². The number of aliphatic imine (C=N–C) groups is 1. The Morgan fingerprint density at radius 3 is 2.71 bits per heavy atom. The minimum atomic E-state index is 0. The second-order valence-electron chi connectivity index (χ2n) is 6.76. The summed E-state index contributed by atoms with van der Waals surface area (Å²) in [6.45, 7) is 6.45. The maximum atomic E-state index is 4.69. The van der Waals surface area contributed by atoms with Crippen molar-refractivity contribution in [3.63, 3.8) is 0 Å². The van der Waals surface area contributed by atoms with Crippen LogP contribution in [-0.4, -0.2) is 58.5 Å². The standard InChI is InChI=1S/C20H25N7.HI/c1-16-6-8-27-15-17(24-19(27)13-16)14-23-20(21-2)26-11-9-25(10-12-26)18-5-3-4-7-22-18;/h3-8,13,15H,9-12,14H2,1-2H3,(H,21,23);1H. The number of piperazine rings is 1. The molecule has 1 aliphatic rings. The monoisotopic (exact) mass is 491 g/mol. The van der Waals surface area contributed by atoms with Gasteiger partial charge in [0.15, 0.2) is 5.96 Å². The van der Waals surface area contributed by atoms with E-state index in [4.69, 9.17) is 0 Å². The topological polar surface area (TPSA) is 61.1 Å². The Hall–Kier alpha value is -2.36. The highest BCUT2D eigenvalue weighted by Gasteiger charge is 2.20. The highest BCUT2D eigenvalue weighted by Crippen LogP contribution is 2.13. The highest BCUT2D eigenvalue weighted by atomic mass is 127. The third kappa shape index (κ3) is 4.54. The summed E-state index contributed by atoms with van der Waals surface area (Å²) < 4.78 is 2.05. The zero-order valence-corrected chi connectivity index (χ0v) is 18.6. The molecule has 0 atom stereocenters. The summed E-state index contributed by atoms with van der Waals surface area (Å²) in [7, 11) is 1.83. The Balaban J connectivity index is 0.00000225. The fraction of sp³-hybridized carbons (Fsp3) is 0.350. The molecular formula is C20H26IN7. The number of imidazole rings is 1. The zero-order chi connectivity index (χ0) is 18.6. The Morgan fingerprint density at radius 1 is 1.18 bits per heavy atom. The first kappa shape index (κ1) is 20.4. The molecule has 148 valence electrons. The lowest BCUT2D eigenvalue weighted by Crippen LogP contribution is -2.52. The molecule has 0 spiro atoms. The average Bonchev–Trinajstić information content (AvgIpc) is 3.11. The molecule has 28 heavy (non-hydrogen) atoms. The van der Waals surface area contributed by atoms with Crippen molar-refractivity contribution in [1.29, 1.82) is 0 Å².